The predicted octanol–water partition coefficient (Wildman–Crippen LogP) is 2.78. The summed E-state index contributed by atoms with van der Waals surface area (Å²) >= 11 is 11.8. The van der Waals surface area contributed by atoms with Crippen LogP contribution in [0.25, 0.3) is 0 Å². The third-order valence-electron chi connectivity index (χ3n) is 2.70. The first-order chi connectivity index (χ1) is 9.40. The van der Waals surface area contributed by atoms with Gasteiger partial charge in [0.1, 0.15) is 0 Å². The normalized spacial score (nSPS) is 13.4. The Kier molecular flexibility index (Phi) is 7.26. The van der Waals surface area contributed by atoms with Gasteiger partial charge in [0.15, 0.2) is 9.84 Å². The fourth-order valence-corrected chi connectivity index (χ4v) is 4.09. The summed E-state index contributed by atoms with van der Waals surface area (Å²) in [7, 11) is -1.98. The minimum Gasteiger partial charge on any atom is -0.383 e. The highest BCUT2D eigenvalue weighted by atomic mass is 35.5. The molecule has 1 N–H and O–H groups in total. The van der Waals surface area contributed by atoms with Gasteiger partial charge in [-0.05, 0) is 31.2 Å². The lowest BCUT2D eigenvalue weighted by atomic mass is 10.3. The van der Waals surface area contributed by atoms with Crippen LogP contribution in [-0.2, 0) is 14.6 Å². The summed E-state index contributed by atoms with van der Waals surface area (Å²) in [5.74, 6) is -0.0824. The van der Waals surface area contributed by atoms with E-state index in [1.54, 1.807) is 13.2 Å². The Morgan fingerprint density at radius 1 is 1.35 bits per heavy atom. The van der Waals surface area contributed by atoms with E-state index in [0.29, 0.717) is 11.6 Å². The summed E-state index contributed by atoms with van der Waals surface area (Å²) in [6.07, 6.45) is 0.915. The average molecular weight is 340 g/mol. The lowest BCUT2D eigenvalue weighted by Gasteiger charge is -2.18. The molecule has 7 heteroatoms. The van der Waals surface area contributed by atoms with Crippen molar-refractivity contribution in [3.05, 3.63) is 28.2 Å². The fourth-order valence-electron chi connectivity index (χ4n) is 1.79. The first kappa shape index (κ1) is 17.7. The lowest BCUT2D eigenvalue weighted by molar-refractivity contribution is 0.173. The van der Waals surface area contributed by atoms with E-state index >= 15 is 0 Å². The zero-order chi connectivity index (χ0) is 15.2. The van der Waals surface area contributed by atoms with Crippen LogP contribution in [0.3, 0.4) is 0 Å². The largest absolute Gasteiger partial charge is 0.383 e. The topological polar surface area (TPSA) is 55.4 Å². The van der Waals surface area contributed by atoms with Crippen molar-refractivity contribution < 1.29 is 13.2 Å². The van der Waals surface area contributed by atoms with Gasteiger partial charge in [-0.2, -0.15) is 0 Å². The molecule has 0 saturated carbocycles. The molecule has 0 heterocycles. The van der Waals surface area contributed by atoms with Gasteiger partial charge in [-0.15, -0.1) is 0 Å². The SMILES string of the molecule is CCCNC(COC)CS(=O)(=O)c1cc(Cl)ccc1Cl. The molecule has 0 aromatic heterocycles. The monoisotopic (exact) mass is 339 g/mol. The average Bonchev–Trinajstić information content (AvgIpc) is 2.38. The Morgan fingerprint density at radius 2 is 2.05 bits per heavy atom. The van der Waals surface area contributed by atoms with Crippen molar-refractivity contribution in [1.82, 2.24) is 5.32 Å². The van der Waals surface area contributed by atoms with Crippen LogP contribution in [0.2, 0.25) is 10.0 Å². The number of nitrogens with one attached hydrogen (secondary N) is 1. The summed E-state index contributed by atoms with van der Waals surface area (Å²) in [6.45, 7) is 3.06. The number of halogens is 2. The number of methoxy groups -OCH3 is 1. The van der Waals surface area contributed by atoms with E-state index in [1.807, 2.05) is 6.92 Å². The van der Waals surface area contributed by atoms with Crippen molar-refractivity contribution in [3.8, 4) is 0 Å². The third kappa shape index (κ3) is 5.22. The minimum atomic E-state index is -3.52. The van der Waals surface area contributed by atoms with Gasteiger partial charge in [0.2, 0.25) is 0 Å². The molecule has 0 radical (unpaired) electrons. The predicted molar refractivity (Wildman–Crippen MR) is 82.5 cm³/mol. The van der Waals surface area contributed by atoms with Crippen LogP contribution in [0.5, 0.6) is 0 Å². The van der Waals surface area contributed by atoms with Gasteiger partial charge in [-0.1, -0.05) is 30.1 Å². The summed E-state index contributed by atoms with van der Waals surface area (Å²) < 4.78 is 29.9. The van der Waals surface area contributed by atoms with Crippen LogP contribution in [0.4, 0.5) is 0 Å². The Labute approximate surface area is 130 Å². The molecule has 0 aliphatic heterocycles. The first-order valence-electron chi connectivity index (χ1n) is 6.30. The highest BCUT2D eigenvalue weighted by molar-refractivity contribution is 7.91. The van der Waals surface area contributed by atoms with E-state index in [-0.39, 0.29) is 21.7 Å². The van der Waals surface area contributed by atoms with Crippen molar-refractivity contribution in [2.24, 2.45) is 0 Å². The van der Waals surface area contributed by atoms with Gasteiger partial charge < -0.3 is 10.1 Å². The highest BCUT2D eigenvalue weighted by Crippen LogP contribution is 2.26. The summed E-state index contributed by atoms with van der Waals surface area (Å²) in [5, 5.41) is 3.68. The molecule has 0 saturated heterocycles. The second kappa shape index (κ2) is 8.20. The Morgan fingerprint density at radius 3 is 2.65 bits per heavy atom. The Bertz CT molecular complexity index is 534. The first-order valence-corrected chi connectivity index (χ1v) is 8.71. The van der Waals surface area contributed by atoms with E-state index in [0.717, 1.165) is 13.0 Å². The van der Waals surface area contributed by atoms with Crippen molar-refractivity contribution in [3.63, 3.8) is 0 Å². The maximum atomic E-state index is 12.4. The second-order valence-corrected chi connectivity index (χ2v) is 7.31. The van der Waals surface area contributed by atoms with E-state index in [1.165, 1.54) is 12.1 Å². The maximum Gasteiger partial charge on any atom is 0.181 e. The van der Waals surface area contributed by atoms with Crippen molar-refractivity contribution in [2.45, 2.75) is 24.3 Å². The number of benzene rings is 1. The van der Waals surface area contributed by atoms with Crippen LogP contribution in [-0.4, -0.2) is 40.5 Å². The molecule has 0 aliphatic carbocycles. The summed E-state index contributed by atoms with van der Waals surface area (Å²) in [4.78, 5) is 0.0612. The van der Waals surface area contributed by atoms with Gasteiger partial charge in [0, 0.05) is 18.2 Å². The number of ether oxygens (including phenoxy) is 1. The van der Waals surface area contributed by atoms with Gasteiger partial charge in [0.25, 0.3) is 0 Å². The molecule has 1 rings (SSSR count). The van der Waals surface area contributed by atoms with Crippen LogP contribution in [0, 0.1) is 0 Å². The molecule has 0 spiro atoms. The van der Waals surface area contributed by atoms with E-state index in [4.69, 9.17) is 27.9 Å². The van der Waals surface area contributed by atoms with Gasteiger partial charge in [-0.3, -0.25) is 0 Å². The van der Waals surface area contributed by atoms with Crippen molar-refractivity contribution in [2.75, 3.05) is 26.0 Å². The van der Waals surface area contributed by atoms with Crippen LogP contribution in [0.1, 0.15) is 13.3 Å². The second-order valence-electron chi connectivity index (χ2n) is 4.46. The lowest BCUT2D eigenvalue weighted by Crippen LogP contribution is -2.39. The standard InChI is InChI=1S/C13H19Cl2NO3S/c1-3-6-16-11(8-19-2)9-20(17,18)13-7-10(14)4-5-12(13)15/h4-5,7,11,16H,3,6,8-9H2,1-2H3. The van der Waals surface area contributed by atoms with Gasteiger partial charge in [-0.25, -0.2) is 8.42 Å². The summed E-state index contributed by atoms with van der Waals surface area (Å²) in [6, 6.07) is 4.15. The number of rotatable bonds is 8. The molecule has 1 unspecified atom stereocenters. The number of hydrogen-bond donors (Lipinski definition) is 1. The van der Waals surface area contributed by atoms with E-state index < -0.39 is 9.84 Å². The Hall–Kier alpha value is -0.330. The number of hydrogen-bond acceptors (Lipinski definition) is 4. The minimum absolute atomic E-state index is 0.0612. The molecule has 0 aliphatic rings. The molecule has 20 heavy (non-hydrogen) atoms. The highest BCUT2D eigenvalue weighted by Gasteiger charge is 2.23. The maximum absolute atomic E-state index is 12.4. The van der Waals surface area contributed by atoms with Crippen molar-refractivity contribution in [1.29, 1.82) is 0 Å². The van der Waals surface area contributed by atoms with Crippen LogP contribution >= 0.6 is 23.2 Å². The molecule has 1 aromatic rings. The molecule has 0 fully saturated rings. The molecule has 1 aromatic carbocycles. The van der Waals surface area contributed by atoms with E-state index in [2.05, 4.69) is 5.32 Å². The third-order valence-corrected chi connectivity index (χ3v) is 5.23. The van der Waals surface area contributed by atoms with Gasteiger partial charge >= 0.3 is 0 Å². The zero-order valence-corrected chi connectivity index (χ0v) is 13.9. The zero-order valence-electron chi connectivity index (χ0n) is 11.5. The quantitative estimate of drug-likeness (QED) is 0.791. The van der Waals surface area contributed by atoms with Crippen LogP contribution < -0.4 is 5.32 Å². The van der Waals surface area contributed by atoms with Gasteiger partial charge in [0.05, 0.1) is 22.3 Å². The molecule has 4 nitrogen and oxygen atoms in total. The summed E-state index contributed by atoms with van der Waals surface area (Å²) in [5.41, 5.74) is 0. The number of sulfone groups is 1. The smallest absolute Gasteiger partial charge is 0.181 e. The molecule has 1 atom stereocenters. The van der Waals surface area contributed by atoms with Crippen LogP contribution in [0.15, 0.2) is 23.1 Å². The molecule has 114 valence electrons. The fraction of sp³-hybridized carbons (Fsp3) is 0.538. The molecule has 0 bridgehead atoms. The Balaban J connectivity index is 2.93. The van der Waals surface area contributed by atoms with Crippen molar-refractivity contribution >= 4 is 33.0 Å². The van der Waals surface area contributed by atoms with E-state index in [9.17, 15) is 8.42 Å². The molecular weight excluding hydrogens is 321 g/mol. The molecular formula is C13H19Cl2NO3S. The molecule has 0 amide bonds.